The van der Waals surface area contributed by atoms with E-state index in [-0.39, 0.29) is 5.48 Å². The van der Waals surface area contributed by atoms with Crippen molar-refractivity contribution in [2.45, 2.75) is 24.6 Å². The van der Waals surface area contributed by atoms with E-state index < -0.39 is 17.3 Å². The second kappa shape index (κ2) is 12.0. The van der Waals surface area contributed by atoms with Crippen LogP contribution in [0.2, 0.25) is 0 Å². The first-order valence-corrected chi connectivity index (χ1v) is 12.5. The van der Waals surface area contributed by atoms with E-state index in [4.69, 9.17) is 9.72 Å². The van der Waals surface area contributed by atoms with Gasteiger partial charge in [0.1, 0.15) is 11.3 Å². The van der Waals surface area contributed by atoms with E-state index in [9.17, 15) is 13.2 Å². The highest BCUT2D eigenvalue weighted by Crippen LogP contribution is 2.40. The van der Waals surface area contributed by atoms with Crippen LogP contribution in [0, 0.1) is 0 Å². The van der Waals surface area contributed by atoms with Gasteiger partial charge in [0, 0.05) is 6.20 Å². The van der Waals surface area contributed by atoms with Crippen molar-refractivity contribution in [3.63, 3.8) is 0 Å². The Morgan fingerprint density at radius 2 is 1.13 bits per heavy atom. The van der Waals surface area contributed by atoms with Crippen molar-refractivity contribution in [3.05, 3.63) is 156 Å². The molecule has 0 atom stereocenters. The number of hydrogen-bond donors (Lipinski definition) is 0. The third kappa shape index (κ3) is 5.89. The molecule has 0 aliphatic carbocycles. The molecule has 0 fully saturated rings. The molecule has 0 radical (unpaired) electrons. The van der Waals surface area contributed by atoms with E-state index in [0.29, 0.717) is 25.2 Å². The second-order valence-corrected chi connectivity index (χ2v) is 9.05. The van der Waals surface area contributed by atoms with Crippen LogP contribution >= 0.6 is 0 Å². The van der Waals surface area contributed by atoms with Gasteiger partial charge in [-0.15, -0.1) is 0 Å². The molecule has 5 rings (SSSR count). The van der Waals surface area contributed by atoms with Gasteiger partial charge in [-0.2, -0.15) is 13.2 Å². The molecule has 0 aliphatic rings. The van der Waals surface area contributed by atoms with Crippen LogP contribution in [0.5, 0.6) is 5.75 Å². The normalized spacial score (nSPS) is 11.6. The van der Waals surface area contributed by atoms with Crippen LogP contribution in [-0.4, -0.2) is 21.6 Å². The van der Waals surface area contributed by atoms with Crippen LogP contribution in [0.4, 0.5) is 13.2 Å². The average Bonchev–Trinajstić information content (AvgIpc) is 3.42. The Bertz CT molecular complexity index is 1340. The number of rotatable bonds is 9. The average molecular weight is 531 g/mol. The first kappa shape index (κ1) is 27.7. The molecule has 2 N–H and O–H groups in total. The topological polar surface area (TPSA) is 58.5 Å². The molecule has 0 saturated carbocycles. The van der Waals surface area contributed by atoms with E-state index in [1.807, 2.05) is 60.9 Å². The SMILES string of the molecule is FC(F)(F)c1ccc(OCCCc2cn(C(c3ccccc3)(c3ccccc3)c3ccccc3)cn2)cc1.O. The maximum atomic E-state index is 12.8. The Kier molecular flexibility index (Phi) is 8.52. The number of nitrogens with zero attached hydrogens (tertiary/aromatic N) is 2. The third-order valence-electron chi connectivity index (χ3n) is 6.63. The smallest absolute Gasteiger partial charge is 0.416 e. The summed E-state index contributed by atoms with van der Waals surface area (Å²) in [5, 5.41) is 0. The van der Waals surface area contributed by atoms with Crippen molar-refractivity contribution in [3.8, 4) is 5.75 Å². The number of imidazole rings is 1. The number of alkyl halides is 3. The number of ether oxygens (including phenoxy) is 1. The molecular weight excluding hydrogens is 501 g/mol. The minimum atomic E-state index is -4.36. The van der Waals surface area contributed by atoms with Gasteiger partial charge in [-0.05, 0) is 53.8 Å². The zero-order valence-corrected chi connectivity index (χ0v) is 21.2. The molecule has 1 heterocycles. The van der Waals surface area contributed by atoms with E-state index in [1.165, 1.54) is 12.1 Å². The van der Waals surface area contributed by atoms with Gasteiger partial charge in [0.2, 0.25) is 0 Å². The lowest BCUT2D eigenvalue weighted by molar-refractivity contribution is -0.137. The Morgan fingerprint density at radius 1 is 0.641 bits per heavy atom. The summed E-state index contributed by atoms with van der Waals surface area (Å²) in [6.07, 6.45) is 0.936. The molecule has 0 spiro atoms. The largest absolute Gasteiger partial charge is 0.494 e. The zero-order valence-electron chi connectivity index (χ0n) is 21.2. The summed E-state index contributed by atoms with van der Waals surface area (Å²) in [4.78, 5) is 4.72. The quantitative estimate of drug-likeness (QED) is 0.153. The Labute approximate surface area is 225 Å². The molecule has 4 nitrogen and oxygen atoms in total. The molecule has 1 aromatic heterocycles. The van der Waals surface area contributed by atoms with Gasteiger partial charge in [0.25, 0.3) is 0 Å². The number of aryl methyl sites for hydroxylation is 1. The molecule has 0 bridgehead atoms. The van der Waals surface area contributed by atoms with Crippen molar-refractivity contribution in [2.75, 3.05) is 6.61 Å². The van der Waals surface area contributed by atoms with Crippen molar-refractivity contribution in [1.82, 2.24) is 9.55 Å². The summed E-state index contributed by atoms with van der Waals surface area (Å²) in [7, 11) is 0. The molecule has 0 saturated heterocycles. The highest BCUT2D eigenvalue weighted by atomic mass is 19.4. The zero-order chi connectivity index (χ0) is 26.4. The highest BCUT2D eigenvalue weighted by Gasteiger charge is 2.38. The van der Waals surface area contributed by atoms with Crippen LogP contribution in [0.25, 0.3) is 0 Å². The number of halogens is 3. The lowest BCUT2D eigenvalue weighted by Gasteiger charge is -2.37. The maximum absolute atomic E-state index is 12.8. The Hall–Kier alpha value is -4.36. The van der Waals surface area contributed by atoms with Gasteiger partial charge >= 0.3 is 6.18 Å². The lowest BCUT2D eigenvalue weighted by atomic mass is 9.77. The van der Waals surface area contributed by atoms with Crippen molar-refractivity contribution < 1.29 is 23.4 Å². The first-order chi connectivity index (χ1) is 18.5. The monoisotopic (exact) mass is 530 g/mol. The van der Waals surface area contributed by atoms with E-state index in [2.05, 4.69) is 47.2 Å². The highest BCUT2D eigenvalue weighted by molar-refractivity contribution is 5.50. The van der Waals surface area contributed by atoms with Gasteiger partial charge < -0.3 is 14.8 Å². The molecular formula is C32H29F3N2O2. The number of aromatic nitrogens is 2. The minimum Gasteiger partial charge on any atom is -0.494 e. The summed E-state index contributed by atoms with van der Waals surface area (Å²) < 4.78 is 46.2. The third-order valence-corrected chi connectivity index (χ3v) is 6.63. The maximum Gasteiger partial charge on any atom is 0.416 e. The molecule has 7 heteroatoms. The number of hydrogen-bond acceptors (Lipinski definition) is 2. The predicted octanol–water partition coefficient (Wildman–Crippen LogP) is 6.93. The fourth-order valence-electron chi connectivity index (χ4n) is 4.84. The van der Waals surface area contributed by atoms with Gasteiger partial charge in [-0.1, -0.05) is 91.0 Å². The molecule has 4 aromatic carbocycles. The fraction of sp³-hybridized carbons (Fsp3) is 0.156. The van der Waals surface area contributed by atoms with Crippen molar-refractivity contribution >= 4 is 0 Å². The van der Waals surface area contributed by atoms with Gasteiger partial charge in [0.05, 0.1) is 24.2 Å². The van der Waals surface area contributed by atoms with Crippen LogP contribution < -0.4 is 4.74 Å². The Balaban J connectivity index is 0.00000353. The van der Waals surface area contributed by atoms with Crippen LogP contribution in [0.15, 0.2) is 128 Å². The summed E-state index contributed by atoms with van der Waals surface area (Å²) in [6.45, 7) is 0.374. The molecule has 0 aliphatic heterocycles. The van der Waals surface area contributed by atoms with E-state index in [0.717, 1.165) is 34.5 Å². The molecule has 5 aromatic rings. The van der Waals surface area contributed by atoms with Gasteiger partial charge in [-0.25, -0.2) is 4.98 Å². The molecule has 0 unspecified atom stereocenters. The first-order valence-electron chi connectivity index (χ1n) is 12.5. The summed E-state index contributed by atoms with van der Waals surface area (Å²) in [5.41, 5.74) is 2.96. The van der Waals surface area contributed by atoms with E-state index in [1.54, 1.807) is 0 Å². The summed E-state index contributed by atoms with van der Waals surface area (Å²) in [6, 6.07) is 35.9. The van der Waals surface area contributed by atoms with Crippen LogP contribution in [0.3, 0.4) is 0 Å². The number of benzene rings is 4. The van der Waals surface area contributed by atoms with Gasteiger partial charge in [-0.3, -0.25) is 0 Å². The standard InChI is InChI=1S/C32H27F3N2O.H2O/c33-32(34,35)28-18-20-30(21-19-28)38-22-10-17-29-23-37(24-36-29)31(25-11-4-1-5-12-25,26-13-6-2-7-14-26)27-15-8-3-9-16-27;/h1-9,11-16,18-21,23-24H,10,17,22H2;1H2. The van der Waals surface area contributed by atoms with Crippen LogP contribution in [-0.2, 0) is 18.1 Å². The molecule has 39 heavy (non-hydrogen) atoms. The van der Waals surface area contributed by atoms with Crippen molar-refractivity contribution in [2.24, 2.45) is 0 Å². The van der Waals surface area contributed by atoms with Gasteiger partial charge in [0.15, 0.2) is 0 Å². The summed E-state index contributed by atoms with van der Waals surface area (Å²) in [5.74, 6) is 0.416. The van der Waals surface area contributed by atoms with E-state index >= 15 is 0 Å². The minimum absolute atomic E-state index is 0. The Morgan fingerprint density at radius 3 is 1.59 bits per heavy atom. The van der Waals surface area contributed by atoms with Crippen LogP contribution in [0.1, 0.15) is 34.4 Å². The predicted molar refractivity (Wildman–Crippen MR) is 146 cm³/mol. The summed E-state index contributed by atoms with van der Waals surface area (Å²) >= 11 is 0. The fourth-order valence-corrected chi connectivity index (χ4v) is 4.84. The molecule has 200 valence electrons. The van der Waals surface area contributed by atoms with Crippen molar-refractivity contribution in [1.29, 1.82) is 0 Å². The second-order valence-electron chi connectivity index (χ2n) is 9.05. The lowest BCUT2D eigenvalue weighted by Crippen LogP contribution is -2.36. The molecule has 0 amide bonds.